The Balaban J connectivity index is 1.68. The molecule has 0 aromatic rings. The third kappa shape index (κ3) is 1.97. The minimum atomic E-state index is -1.11. The van der Waals surface area contributed by atoms with Crippen LogP contribution in [0.5, 0.6) is 0 Å². The van der Waals surface area contributed by atoms with Crippen LogP contribution in [0.2, 0.25) is 0 Å². The van der Waals surface area contributed by atoms with Crippen LogP contribution in [0.1, 0.15) is 32.1 Å². The van der Waals surface area contributed by atoms with E-state index in [0.29, 0.717) is 0 Å². The summed E-state index contributed by atoms with van der Waals surface area (Å²) in [5, 5.41) is 28.5. The van der Waals surface area contributed by atoms with Crippen LogP contribution >= 0.6 is 0 Å². The van der Waals surface area contributed by atoms with E-state index in [4.69, 9.17) is 19.3 Å². The van der Waals surface area contributed by atoms with Gasteiger partial charge in [-0.25, -0.2) is 0 Å². The Bertz CT molecular complexity index is 303. The van der Waals surface area contributed by atoms with Crippen LogP contribution in [0.3, 0.4) is 0 Å². The fourth-order valence-corrected chi connectivity index (χ4v) is 3.12. The molecule has 1 aliphatic carbocycles. The Labute approximate surface area is 105 Å². The SMILES string of the molecule is OC[C@H](O)[C@@H]1O[C@@H]2OC3(CCCCC3)O[C@H]2[C@@H]1O. The van der Waals surface area contributed by atoms with E-state index >= 15 is 0 Å². The zero-order valence-corrected chi connectivity index (χ0v) is 10.2. The largest absolute Gasteiger partial charge is 0.394 e. The molecule has 0 unspecified atom stereocenters. The van der Waals surface area contributed by atoms with E-state index in [-0.39, 0.29) is 0 Å². The van der Waals surface area contributed by atoms with Crippen molar-refractivity contribution in [3.63, 3.8) is 0 Å². The van der Waals surface area contributed by atoms with E-state index in [1.165, 1.54) is 6.42 Å². The second-order valence-corrected chi connectivity index (χ2v) is 5.38. The van der Waals surface area contributed by atoms with Crippen molar-refractivity contribution in [2.75, 3.05) is 6.61 Å². The topological polar surface area (TPSA) is 88.4 Å². The van der Waals surface area contributed by atoms with E-state index in [1.807, 2.05) is 0 Å². The van der Waals surface area contributed by atoms with Crippen molar-refractivity contribution in [1.82, 2.24) is 0 Å². The number of aliphatic hydroxyl groups excluding tert-OH is 3. The number of hydrogen-bond acceptors (Lipinski definition) is 6. The van der Waals surface area contributed by atoms with Crippen molar-refractivity contribution in [2.24, 2.45) is 0 Å². The predicted octanol–water partition coefficient (Wildman–Crippen LogP) is -0.499. The molecule has 1 spiro atoms. The summed E-state index contributed by atoms with van der Waals surface area (Å²) in [7, 11) is 0. The molecule has 2 heterocycles. The Hall–Kier alpha value is -0.240. The molecule has 0 amide bonds. The standard InChI is InChI=1S/C12H20O6/c13-6-7(14)9-8(15)10-11(16-9)18-12(17-10)4-2-1-3-5-12/h7-11,13-15H,1-6H2/t7-,8+,9-,10-,11+/m0/s1. The van der Waals surface area contributed by atoms with Crippen molar-refractivity contribution in [2.45, 2.75) is 68.6 Å². The minimum Gasteiger partial charge on any atom is -0.394 e. The molecule has 1 saturated carbocycles. The molecular weight excluding hydrogens is 240 g/mol. The van der Waals surface area contributed by atoms with Crippen molar-refractivity contribution in [3.05, 3.63) is 0 Å². The first kappa shape index (κ1) is 12.8. The number of rotatable bonds is 2. The summed E-state index contributed by atoms with van der Waals surface area (Å²) < 4.78 is 17.1. The maximum Gasteiger partial charge on any atom is 0.190 e. The van der Waals surface area contributed by atoms with Gasteiger partial charge in [0.25, 0.3) is 0 Å². The van der Waals surface area contributed by atoms with Gasteiger partial charge in [0.2, 0.25) is 0 Å². The van der Waals surface area contributed by atoms with Crippen molar-refractivity contribution >= 4 is 0 Å². The molecule has 2 aliphatic heterocycles. The van der Waals surface area contributed by atoms with Crippen LogP contribution < -0.4 is 0 Å². The van der Waals surface area contributed by atoms with Crippen LogP contribution in [-0.4, -0.2) is 58.4 Å². The minimum absolute atomic E-state index is 0.452. The molecule has 6 heteroatoms. The first-order valence-electron chi connectivity index (χ1n) is 6.63. The van der Waals surface area contributed by atoms with Gasteiger partial charge in [0.05, 0.1) is 6.61 Å². The first-order valence-corrected chi connectivity index (χ1v) is 6.63. The molecule has 3 N–H and O–H groups in total. The van der Waals surface area contributed by atoms with Crippen LogP contribution in [0.15, 0.2) is 0 Å². The smallest absolute Gasteiger partial charge is 0.190 e. The number of ether oxygens (including phenoxy) is 3. The van der Waals surface area contributed by atoms with Gasteiger partial charge in [-0.3, -0.25) is 0 Å². The molecule has 0 bridgehead atoms. The van der Waals surface area contributed by atoms with E-state index in [1.54, 1.807) is 0 Å². The van der Waals surface area contributed by atoms with Gasteiger partial charge in [0.1, 0.15) is 24.4 Å². The van der Waals surface area contributed by atoms with Gasteiger partial charge >= 0.3 is 0 Å². The predicted molar refractivity (Wildman–Crippen MR) is 59.5 cm³/mol. The summed E-state index contributed by atoms with van der Waals surface area (Å²) in [5.41, 5.74) is 0. The summed E-state index contributed by atoms with van der Waals surface area (Å²) in [6.45, 7) is -0.452. The maximum absolute atomic E-state index is 10.1. The molecule has 0 radical (unpaired) electrons. The second-order valence-electron chi connectivity index (χ2n) is 5.38. The lowest BCUT2D eigenvalue weighted by atomic mass is 9.94. The summed E-state index contributed by atoms with van der Waals surface area (Å²) >= 11 is 0. The monoisotopic (exact) mass is 260 g/mol. The van der Waals surface area contributed by atoms with Gasteiger partial charge in [0.15, 0.2) is 12.1 Å². The molecule has 3 fully saturated rings. The number of hydrogen-bond donors (Lipinski definition) is 3. The van der Waals surface area contributed by atoms with Crippen LogP contribution in [0.25, 0.3) is 0 Å². The van der Waals surface area contributed by atoms with Crippen LogP contribution in [-0.2, 0) is 14.2 Å². The summed E-state index contributed by atoms with van der Waals surface area (Å²) in [5.74, 6) is -0.607. The number of fused-ring (bicyclic) bond motifs is 1. The van der Waals surface area contributed by atoms with Gasteiger partial charge in [-0.05, 0) is 12.8 Å². The Morgan fingerprint density at radius 1 is 1.17 bits per heavy atom. The normalized spacial score (nSPS) is 44.2. The zero-order valence-electron chi connectivity index (χ0n) is 10.2. The summed E-state index contributed by atoms with van der Waals surface area (Å²) in [4.78, 5) is 0. The third-order valence-corrected chi connectivity index (χ3v) is 4.10. The average Bonchev–Trinajstić information content (AvgIpc) is 2.86. The van der Waals surface area contributed by atoms with Crippen molar-refractivity contribution in [1.29, 1.82) is 0 Å². The maximum atomic E-state index is 10.1. The fourth-order valence-electron chi connectivity index (χ4n) is 3.12. The second kappa shape index (κ2) is 4.70. The number of aliphatic hydroxyl groups is 3. The Morgan fingerprint density at radius 3 is 2.50 bits per heavy atom. The molecule has 104 valence electrons. The van der Waals surface area contributed by atoms with E-state index in [2.05, 4.69) is 0 Å². The lowest BCUT2D eigenvalue weighted by Gasteiger charge is -2.33. The molecule has 0 aromatic carbocycles. The highest BCUT2D eigenvalue weighted by Gasteiger charge is 2.58. The molecule has 18 heavy (non-hydrogen) atoms. The molecular formula is C12H20O6. The fraction of sp³-hybridized carbons (Fsp3) is 1.00. The molecule has 0 aromatic heterocycles. The summed E-state index contributed by atoms with van der Waals surface area (Å²) in [6, 6.07) is 0. The highest BCUT2D eigenvalue weighted by atomic mass is 16.8. The van der Waals surface area contributed by atoms with Gasteiger partial charge in [-0.15, -0.1) is 0 Å². The molecule has 3 rings (SSSR count). The van der Waals surface area contributed by atoms with E-state index in [0.717, 1.165) is 25.7 Å². The molecule has 2 saturated heterocycles. The Kier molecular flexibility index (Phi) is 3.34. The van der Waals surface area contributed by atoms with Crippen LogP contribution in [0, 0.1) is 0 Å². The highest BCUT2D eigenvalue weighted by molar-refractivity contribution is 4.97. The molecule has 3 aliphatic rings. The van der Waals surface area contributed by atoms with Crippen LogP contribution in [0.4, 0.5) is 0 Å². The first-order chi connectivity index (χ1) is 8.65. The third-order valence-electron chi connectivity index (χ3n) is 4.10. The van der Waals surface area contributed by atoms with Crippen molar-refractivity contribution < 1.29 is 29.5 Å². The van der Waals surface area contributed by atoms with Crippen molar-refractivity contribution in [3.8, 4) is 0 Å². The molecule has 6 nitrogen and oxygen atoms in total. The van der Waals surface area contributed by atoms with E-state index < -0.39 is 43.1 Å². The van der Waals surface area contributed by atoms with Gasteiger partial charge < -0.3 is 29.5 Å². The summed E-state index contributed by atoms with van der Waals surface area (Å²) in [6.07, 6.45) is 0.824. The average molecular weight is 260 g/mol. The lowest BCUT2D eigenvalue weighted by Crippen LogP contribution is -2.43. The van der Waals surface area contributed by atoms with Gasteiger partial charge in [-0.1, -0.05) is 6.42 Å². The molecule has 5 atom stereocenters. The zero-order chi connectivity index (χ0) is 12.8. The Morgan fingerprint density at radius 2 is 1.89 bits per heavy atom. The lowest BCUT2D eigenvalue weighted by molar-refractivity contribution is -0.254. The van der Waals surface area contributed by atoms with Gasteiger partial charge in [0, 0.05) is 12.8 Å². The quantitative estimate of drug-likeness (QED) is 0.620. The van der Waals surface area contributed by atoms with E-state index in [9.17, 15) is 10.2 Å². The van der Waals surface area contributed by atoms with Gasteiger partial charge in [-0.2, -0.15) is 0 Å². The highest BCUT2D eigenvalue weighted by Crippen LogP contribution is 2.45.